The standard InChI is InChI=1S/C52H42N2O12S6/c1-3-4-5-8-13-54-28-9-6-7-10-30(28)67-31-24-26(11-12-29(31)54)43-35-36(60-17-16-59-35)46(69-43)47-39-40(64-21-20-63-39)50(71-47)51-42-41(65-22-23-66-42)49(72-51)48-38-37(61-18-19-62-38)45(70-48)44-34-33(57-14-15-58-34)32(68-44)25-27(53-2)52(55)56/h6-7,9-12,24-25H,3-5,8,13-23H2,1H3,(H,55,56)/b27-25-. The Bertz CT molecular complexity index is 3390. The number of anilines is 2. The number of thiophene rings is 5. The van der Waals surface area contributed by atoms with Crippen LogP contribution in [0.25, 0.3) is 60.4 Å². The van der Waals surface area contributed by atoms with E-state index in [1.165, 1.54) is 80.5 Å². The highest BCUT2D eigenvalue weighted by Gasteiger charge is 2.40. The maximum Gasteiger partial charge on any atom is 0.333 e. The number of aliphatic carboxylic acids is 1. The predicted molar refractivity (Wildman–Crippen MR) is 282 cm³/mol. The van der Waals surface area contributed by atoms with Crippen LogP contribution in [0.2, 0.25) is 0 Å². The molecule has 368 valence electrons. The molecule has 2 aromatic carbocycles. The van der Waals surface area contributed by atoms with Crippen LogP contribution in [0.1, 0.15) is 37.5 Å². The summed E-state index contributed by atoms with van der Waals surface area (Å²) in [7, 11) is 0. The quantitative estimate of drug-likeness (QED) is 0.0706. The van der Waals surface area contributed by atoms with Crippen molar-refractivity contribution in [1.29, 1.82) is 0 Å². The van der Waals surface area contributed by atoms with Gasteiger partial charge < -0.3 is 57.4 Å². The lowest BCUT2D eigenvalue weighted by Crippen LogP contribution is -2.22. The number of fused-ring (bicyclic) bond motifs is 7. The van der Waals surface area contributed by atoms with E-state index in [0.29, 0.717) is 121 Å². The van der Waals surface area contributed by atoms with Gasteiger partial charge in [-0.3, -0.25) is 4.79 Å². The molecule has 0 atom stereocenters. The number of rotatable bonds is 12. The fourth-order valence-electron chi connectivity index (χ4n) is 9.43. The van der Waals surface area contributed by atoms with Gasteiger partial charge in [0.15, 0.2) is 57.5 Å². The first-order chi connectivity index (χ1) is 35.5. The SMILES string of the molecule is [C-]#[N+]/C(=C\c1sc(-c2sc(-c3sc(-c4sc(-c5sc(-c6ccc7c(c6)Sc6ccccc6N7CCCCCC)c6c5OCCO6)c5c4OCCO5)c4c3OCCO4)c3c2OCCO3)c2c1OCCO2)C(=O)O. The molecule has 20 heteroatoms. The molecule has 0 aliphatic carbocycles. The first kappa shape index (κ1) is 45.6. The number of benzene rings is 2. The van der Waals surface area contributed by atoms with Gasteiger partial charge in [0.25, 0.3) is 5.70 Å². The van der Waals surface area contributed by atoms with Gasteiger partial charge in [0.2, 0.25) is 0 Å². The number of hydrogen-bond acceptors (Lipinski definition) is 18. The van der Waals surface area contributed by atoms with Crippen molar-refractivity contribution in [3.8, 4) is 107 Å². The summed E-state index contributed by atoms with van der Waals surface area (Å²) in [6, 6.07) is 15.5. The van der Waals surface area contributed by atoms with Gasteiger partial charge in [-0.25, -0.2) is 4.85 Å². The van der Waals surface area contributed by atoms with E-state index in [-0.39, 0.29) is 6.61 Å². The minimum Gasteiger partial charge on any atom is -0.486 e. The van der Waals surface area contributed by atoms with E-state index in [1.54, 1.807) is 22.7 Å². The molecule has 0 radical (unpaired) electrons. The van der Waals surface area contributed by atoms with Crippen LogP contribution in [0.5, 0.6) is 57.5 Å². The van der Waals surface area contributed by atoms with Crippen LogP contribution in [0.4, 0.5) is 11.4 Å². The Labute approximate surface area is 437 Å². The number of ether oxygens (including phenoxy) is 10. The number of carbonyl (C=O) groups is 1. The number of carboxylic acid groups (broad SMARTS) is 1. The Morgan fingerprint density at radius 2 is 0.958 bits per heavy atom. The molecule has 1 N–H and O–H groups in total. The molecule has 0 saturated heterocycles. The molecule has 11 heterocycles. The monoisotopic (exact) mass is 1080 g/mol. The zero-order valence-electron chi connectivity index (χ0n) is 38.5. The van der Waals surface area contributed by atoms with Crippen molar-refractivity contribution in [2.45, 2.75) is 42.4 Å². The lowest BCUT2D eigenvalue weighted by Gasteiger charge is -2.33. The molecule has 0 saturated carbocycles. The Balaban J connectivity index is 0.910. The van der Waals surface area contributed by atoms with Crippen molar-refractivity contribution in [3.05, 3.63) is 64.5 Å². The number of carboxylic acids is 1. The van der Waals surface area contributed by atoms with Gasteiger partial charge in [-0.1, -0.05) is 56.1 Å². The highest BCUT2D eigenvalue weighted by atomic mass is 32.2. The molecular formula is C52H42N2O12S6. The minimum atomic E-state index is -1.33. The van der Waals surface area contributed by atoms with Crippen LogP contribution in [-0.2, 0) is 4.79 Å². The van der Waals surface area contributed by atoms with Crippen LogP contribution in [0.3, 0.4) is 0 Å². The number of unbranched alkanes of at least 4 members (excludes halogenated alkanes) is 3. The molecule has 5 aromatic heterocycles. The third-order valence-corrected chi connectivity index (χ3v) is 20.1. The van der Waals surface area contributed by atoms with Gasteiger partial charge in [-0.05, 0) is 42.3 Å². The second-order valence-corrected chi connectivity index (χ2v) is 23.2. The summed E-state index contributed by atoms with van der Waals surface area (Å²) in [5.41, 5.74) is 3.10. The van der Waals surface area contributed by atoms with Crippen molar-refractivity contribution in [2.75, 3.05) is 77.5 Å². The van der Waals surface area contributed by atoms with Crippen molar-refractivity contribution < 1.29 is 57.3 Å². The van der Waals surface area contributed by atoms with Gasteiger partial charge in [-0.15, -0.1) is 56.7 Å². The minimum absolute atomic E-state index is 0.279. The average Bonchev–Trinajstić information content (AvgIpc) is 4.26. The number of para-hydroxylation sites is 1. The van der Waals surface area contributed by atoms with Crippen LogP contribution in [0, 0.1) is 6.57 Å². The molecule has 0 amide bonds. The van der Waals surface area contributed by atoms with Crippen molar-refractivity contribution in [2.24, 2.45) is 0 Å². The fraction of sp³-hybridized carbons (Fsp3) is 0.308. The summed E-state index contributed by atoms with van der Waals surface area (Å²) in [6.07, 6.45) is 6.09. The number of hydrogen-bond donors (Lipinski definition) is 1. The Morgan fingerprint density at radius 1 is 0.542 bits per heavy atom. The van der Waals surface area contributed by atoms with E-state index in [9.17, 15) is 9.90 Å². The molecule has 0 bridgehead atoms. The highest BCUT2D eigenvalue weighted by molar-refractivity contribution is 7.99. The van der Waals surface area contributed by atoms with E-state index in [2.05, 4.69) is 59.1 Å². The first-order valence-corrected chi connectivity index (χ1v) is 28.5. The van der Waals surface area contributed by atoms with E-state index >= 15 is 0 Å². The summed E-state index contributed by atoms with van der Waals surface area (Å²) < 4.78 is 64.2. The third-order valence-electron chi connectivity index (χ3n) is 12.6. The summed E-state index contributed by atoms with van der Waals surface area (Å²) >= 11 is 9.26. The maximum absolute atomic E-state index is 11.9. The van der Waals surface area contributed by atoms with Crippen molar-refractivity contribution in [1.82, 2.24) is 0 Å². The maximum atomic E-state index is 11.9. The summed E-state index contributed by atoms with van der Waals surface area (Å²) in [4.78, 5) is 27.9. The van der Waals surface area contributed by atoms with Gasteiger partial charge in [0.05, 0.1) is 66.7 Å². The Morgan fingerprint density at radius 3 is 1.43 bits per heavy atom. The molecule has 13 rings (SSSR count). The molecule has 0 unspecified atom stereocenters. The molecule has 0 spiro atoms. The third kappa shape index (κ3) is 7.69. The van der Waals surface area contributed by atoms with E-state index in [4.69, 9.17) is 53.9 Å². The van der Waals surface area contributed by atoms with Crippen molar-refractivity contribution in [3.63, 3.8) is 0 Å². The average molecular weight is 1080 g/mol. The van der Waals surface area contributed by atoms with E-state index < -0.39 is 11.7 Å². The topological polar surface area (TPSA) is 137 Å². The van der Waals surface area contributed by atoms with Gasteiger partial charge >= 0.3 is 5.97 Å². The van der Waals surface area contributed by atoms with Gasteiger partial charge in [-0.2, -0.15) is 0 Å². The molecule has 72 heavy (non-hydrogen) atoms. The zero-order valence-corrected chi connectivity index (χ0v) is 43.4. The summed E-state index contributed by atoms with van der Waals surface area (Å²) in [5, 5.41) is 9.71. The number of nitrogens with zero attached hydrogens (tertiary/aromatic N) is 2. The highest BCUT2D eigenvalue weighted by Crippen LogP contribution is 2.68. The van der Waals surface area contributed by atoms with Crippen LogP contribution >= 0.6 is 68.4 Å². The summed E-state index contributed by atoms with van der Waals surface area (Å²) in [6.45, 7) is 14.2. The second kappa shape index (κ2) is 19.0. The summed E-state index contributed by atoms with van der Waals surface area (Å²) in [5.74, 6) is 4.51. The Kier molecular flexibility index (Phi) is 12.0. The van der Waals surface area contributed by atoms with Gasteiger partial charge in [0, 0.05) is 16.3 Å². The Hall–Kier alpha value is -6.21. The normalized spacial score (nSPS) is 15.9. The molecule has 0 fully saturated rings. The van der Waals surface area contributed by atoms with Gasteiger partial charge in [0.1, 0.15) is 66.1 Å². The first-order valence-electron chi connectivity index (χ1n) is 23.6. The predicted octanol–water partition coefficient (Wildman–Crippen LogP) is 13.7. The fourth-order valence-corrected chi connectivity index (χ4v) is 16.9. The van der Waals surface area contributed by atoms with Crippen LogP contribution in [0.15, 0.2) is 58.0 Å². The van der Waals surface area contributed by atoms with Crippen molar-refractivity contribution >= 4 is 91.9 Å². The lowest BCUT2D eigenvalue weighted by atomic mass is 10.1. The smallest absolute Gasteiger partial charge is 0.333 e. The molecule has 14 nitrogen and oxygen atoms in total. The van der Waals surface area contributed by atoms with E-state index in [0.717, 1.165) is 63.3 Å². The zero-order chi connectivity index (χ0) is 48.5. The van der Waals surface area contributed by atoms with E-state index in [1.807, 2.05) is 11.8 Å². The molecule has 7 aromatic rings. The van der Waals surface area contributed by atoms with Crippen LogP contribution < -0.4 is 52.3 Å². The lowest BCUT2D eigenvalue weighted by molar-refractivity contribution is -0.132. The molecule has 6 aliphatic heterocycles. The van der Waals surface area contributed by atoms with Crippen LogP contribution in [-0.4, -0.2) is 83.7 Å². The molecule has 6 aliphatic rings. The molecular weight excluding hydrogens is 1040 g/mol. The largest absolute Gasteiger partial charge is 0.486 e. The second-order valence-electron chi connectivity index (χ2n) is 17.0.